The fourth-order valence-corrected chi connectivity index (χ4v) is 7.71. The van der Waals surface area contributed by atoms with E-state index in [1.54, 1.807) is 0 Å². The Balaban J connectivity index is 0.000000369. The van der Waals surface area contributed by atoms with Gasteiger partial charge in [-0.05, 0) is 122 Å². The molecule has 0 aromatic heterocycles. The number of nitrogens with two attached hydrogens (primary N) is 1. The molecule has 51 heavy (non-hydrogen) atoms. The van der Waals surface area contributed by atoms with Crippen LogP contribution in [0.4, 0.5) is 0 Å². The summed E-state index contributed by atoms with van der Waals surface area (Å²) in [6.07, 6.45) is 12.1. The molecule has 0 amide bonds. The molecule has 3 aliphatic rings. The Morgan fingerprint density at radius 1 is 0.706 bits per heavy atom. The average Bonchev–Trinajstić information content (AvgIpc) is 3.00. The van der Waals surface area contributed by atoms with Crippen LogP contribution in [0, 0.1) is 23.2 Å². The third kappa shape index (κ3) is 12.2. The molecule has 0 heterocycles. The molecule has 3 aromatic rings. The number of hydrogen-bond acceptors (Lipinski definition) is 3. The van der Waals surface area contributed by atoms with Crippen molar-refractivity contribution in [3.8, 4) is 6.07 Å². The number of halogens is 4. The fourth-order valence-electron chi connectivity index (χ4n) is 7.34. The molecular formula is C42H55BrCl3MgN3O. The molecule has 0 radical (unpaired) electrons. The maximum Gasteiger partial charge on any atom is 2.00 e. The zero-order chi connectivity index (χ0) is 36.2. The van der Waals surface area contributed by atoms with Gasteiger partial charge in [-0.15, -0.1) is 0 Å². The summed E-state index contributed by atoms with van der Waals surface area (Å²) < 4.78 is 0. The smallest absolute Gasteiger partial charge is 1.00 e. The van der Waals surface area contributed by atoms with Crippen LogP contribution in [-0.2, 0) is 16.2 Å². The topological polar surface area (TPSA) is 92.3 Å². The van der Waals surface area contributed by atoms with Crippen LogP contribution in [0.3, 0.4) is 0 Å². The summed E-state index contributed by atoms with van der Waals surface area (Å²) in [5, 5.41) is 28.8. The molecule has 3 aromatic carbocycles. The first-order valence-electron chi connectivity index (χ1n) is 17.8. The van der Waals surface area contributed by atoms with Gasteiger partial charge in [0.05, 0.1) is 11.5 Å². The number of hydrogen-bond donors (Lipinski definition) is 2. The number of nitrogens with zero attached hydrogens (tertiary/aromatic N) is 2. The van der Waals surface area contributed by atoms with Crippen LogP contribution < -0.4 is 22.7 Å². The minimum absolute atomic E-state index is 0. The van der Waals surface area contributed by atoms with Gasteiger partial charge in [0.25, 0.3) is 0 Å². The summed E-state index contributed by atoms with van der Waals surface area (Å²) in [6, 6.07) is 26.5. The van der Waals surface area contributed by atoms with Gasteiger partial charge in [0, 0.05) is 33.6 Å². The van der Waals surface area contributed by atoms with E-state index in [2.05, 4.69) is 58.0 Å². The standard InChI is InChI=1S/C15H22ClN.C15H19ClN.C11H10ClN.CH4O.BrH.Mg/c2*1-11(2)10-14(17)15(8-3-9-15)12-4-6-13(16)7-5-12;12-10-4-2-9(3-5-10)11(8-13)6-1-7-11;1-2;;/h4-7,11,14H,3,8-10,17H2,1-2H3;4-7,11H,3,8-10H2,1-2H3;2-5H,1,6-7H2;2H,1H3;1H;/q;-1;;;;+2/p-1. The summed E-state index contributed by atoms with van der Waals surface area (Å²) in [6.45, 7) is 8.77. The second-order valence-electron chi connectivity index (χ2n) is 14.8. The summed E-state index contributed by atoms with van der Waals surface area (Å²) in [5.41, 5.74) is 10.7. The first-order chi connectivity index (χ1) is 23.4. The van der Waals surface area contributed by atoms with E-state index in [-0.39, 0.29) is 62.3 Å². The van der Waals surface area contributed by atoms with Gasteiger partial charge in [-0.2, -0.15) is 11.0 Å². The quantitative estimate of drug-likeness (QED) is 0.168. The molecule has 0 saturated heterocycles. The molecule has 1 atom stereocenters. The molecule has 3 fully saturated rings. The second-order valence-corrected chi connectivity index (χ2v) is 16.1. The largest absolute Gasteiger partial charge is 2.00 e. The van der Waals surface area contributed by atoms with Crippen molar-refractivity contribution in [3.05, 3.63) is 110 Å². The SMILES string of the molecule is CC(C)CC(=[N-])C1(c2ccc(Cl)cc2)CCC1.CC(C)CC(N)C1(c2ccc(Cl)cc2)CCC1.CO.N#CC1(c2ccc(Cl)cc2)CCC1.[Br-].[Mg+2]. The number of aliphatic hydroxyl groups is 1. The van der Waals surface area contributed by atoms with Gasteiger partial charge in [0.2, 0.25) is 0 Å². The second kappa shape index (κ2) is 22.3. The monoisotopic (exact) mass is 825 g/mol. The number of nitriles is 1. The predicted molar refractivity (Wildman–Crippen MR) is 216 cm³/mol. The summed E-state index contributed by atoms with van der Waals surface area (Å²) in [7, 11) is 1.00. The number of rotatable bonds is 9. The number of benzene rings is 3. The van der Waals surface area contributed by atoms with Gasteiger partial charge in [-0.25, -0.2) is 0 Å². The zero-order valence-electron chi connectivity index (χ0n) is 31.1. The summed E-state index contributed by atoms with van der Waals surface area (Å²) in [4.78, 5) is 0. The van der Waals surface area contributed by atoms with Gasteiger partial charge >= 0.3 is 23.1 Å². The van der Waals surface area contributed by atoms with Crippen molar-refractivity contribution in [2.24, 2.45) is 17.6 Å². The van der Waals surface area contributed by atoms with E-state index in [0.29, 0.717) is 17.5 Å². The van der Waals surface area contributed by atoms with Crippen LogP contribution in [0.1, 0.15) is 115 Å². The van der Waals surface area contributed by atoms with E-state index >= 15 is 0 Å². The molecule has 0 spiro atoms. The minimum atomic E-state index is -0.204. The fraction of sp³-hybridized carbons (Fsp3) is 0.524. The molecule has 3 saturated carbocycles. The van der Waals surface area contributed by atoms with Crippen molar-refractivity contribution in [1.29, 1.82) is 5.26 Å². The Morgan fingerprint density at radius 2 is 1.10 bits per heavy atom. The van der Waals surface area contributed by atoms with E-state index in [4.69, 9.17) is 50.9 Å². The number of aliphatic hydroxyl groups excluding tert-OH is 1. The summed E-state index contributed by atoms with van der Waals surface area (Å²) in [5.74, 6) is 1.16. The maximum atomic E-state index is 10.4. The molecule has 9 heteroatoms. The predicted octanol–water partition coefficient (Wildman–Crippen LogP) is 8.47. The summed E-state index contributed by atoms with van der Waals surface area (Å²) >= 11 is 17.7. The zero-order valence-corrected chi connectivity index (χ0v) is 36.3. The van der Waals surface area contributed by atoms with Gasteiger partial charge in [-0.1, -0.05) is 118 Å². The molecular weight excluding hydrogens is 773 g/mol. The molecule has 0 aliphatic heterocycles. The van der Waals surface area contributed by atoms with Gasteiger partial charge in [0.1, 0.15) is 0 Å². The van der Waals surface area contributed by atoms with E-state index in [1.807, 2.05) is 48.5 Å². The molecule has 3 N–H and O–H groups in total. The van der Waals surface area contributed by atoms with E-state index in [0.717, 1.165) is 72.7 Å². The minimum Gasteiger partial charge on any atom is -1.00 e. The van der Waals surface area contributed by atoms with E-state index in [1.165, 1.54) is 36.8 Å². The Kier molecular flexibility index (Phi) is 20.9. The van der Waals surface area contributed by atoms with E-state index < -0.39 is 0 Å². The van der Waals surface area contributed by atoms with Crippen molar-refractivity contribution in [1.82, 2.24) is 0 Å². The van der Waals surface area contributed by atoms with Crippen molar-refractivity contribution >= 4 is 63.6 Å². The Morgan fingerprint density at radius 3 is 1.39 bits per heavy atom. The third-order valence-corrected chi connectivity index (χ3v) is 11.4. The Bertz CT molecular complexity index is 1500. The average molecular weight is 828 g/mol. The van der Waals surface area contributed by atoms with Crippen LogP contribution in [0.5, 0.6) is 0 Å². The van der Waals surface area contributed by atoms with Crippen LogP contribution >= 0.6 is 34.8 Å². The molecule has 0 bridgehead atoms. The van der Waals surface area contributed by atoms with Gasteiger partial charge in [0.15, 0.2) is 0 Å². The van der Waals surface area contributed by atoms with Crippen molar-refractivity contribution < 1.29 is 22.1 Å². The molecule has 1 unspecified atom stereocenters. The Labute approximate surface area is 349 Å². The van der Waals surface area contributed by atoms with Crippen LogP contribution in [-0.4, -0.2) is 47.0 Å². The van der Waals surface area contributed by atoms with Crippen molar-refractivity contribution in [2.45, 2.75) is 121 Å². The van der Waals surface area contributed by atoms with Gasteiger partial charge in [-0.3, -0.25) is 0 Å². The maximum absolute atomic E-state index is 10.4. The van der Waals surface area contributed by atoms with E-state index in [9.17, 15) is 5.41 Å². The molecule has 274 valence electrons. The van der Waals surface area contributed by atoms with Crippen LogP contribution in [0.2, 0.25) is 15.1 Å². The van der Waals surface area contributed by atoms with Crippen LogP contribution in [0.15, 0.2) is 72.8 Å². The molecule has 4 nitrogen and oxygen atoms in total. The molecule has 6 rings (SSSR count). The first kappa shape index (κ1) is 47.9. The normalized spacial score (nSPS) is 17.5. The third-order valence-electron chi connectivity index (χ3n) is 10.7. The van der Waals surface area contributed by atoms with Crippen molar-refractivity contribution in [2.75, 3.05) is 7.11 Å². The van der Waals surface area contributed by atoms with Gasteiger partial charge < -0.3 is 33.2 Å². The Hall–Kier alpha value is -1.14. The van der Waals surface area contributed by atoms with Crippen molar-refractivity contribution in [3.63, 3.8) is 0 Å². The van der Waals surface area contributed by atoms with Crippen LogP contribution in [0.25, 0.3) is 5.41 Å². The first-order valence-corrected chi connectivity index (χ1v) is 18.9. The molecule has 3 aliphatic carbocycles.